The summed E-state index contributed by atoms with van der Waals surface area (Å²) in [5.74, 6) is -0.147. The lowest BCUT2D eigenvalue weighted by molar-refractivity contribution is -0.387. The van der Waals surface area contributed by atoms with Gasteiger partial charge in [-0.1, -0.05) is 13.8 Å². The van der Waals surface area contributed by atoms with Crippen LogP contribution < -0.4 is 5.32 Å². The van der Waals surface area contributed by atoms with Crippen LogP contribution in [0.25, 0.3) is 0 Å². The second-order valence-electron chi connectivity index (χ2n) is 7.50. The number of benzene rings is 1. The smallest absolute Gasteiger partial charge is 0.338 e. The van der Waals surface area contributed by atoms with Gasteiger partial charge < -0.3 is 10.1 Å². The molecule has 0 aromatic heterocycles. The number of rotatable bonds is 9. The van der Waals surface area contributed by atoms with Crippen LogP contribution in [0.3, 0.4) is 0 Å². The van der Waals surface area contributed by atoms with Gasteiger partial charge in [-0.25, -0.2) is 4.79 Å². The van der Waals surface area contributed by atoms with Gasteiger partial charge in [0.2, 0.25) is 0 Å². The lowest BCUT2D eigenvalue weighted by Crippen LogP contribution is -2.46. The Bertz CT molecular complexity index is 813. The number of hydrogen-bond donors (Lipinski definition) is 1. The highest BCUT2D eigenvalue weighted by molar-refractivity contribution is 7.99. The van der Waals surface area contributed by atoms with Crippen molar-refractivity contribution < 1.29 is 19.2 Å². The molecule has 1 amide bonds. The van der Waals surface area contributed by atoms with Gasteiger partial charge in [0.1, 0.15) is 5.54 Å². The molecule has 29 heavy (non-hydrogen) atoms. The summed E-state index contributed by atoms with van der Waals surface area (Å²) < 4.78 is 4.99. The fourth-order valence-electron chi connectivity index (χ4n) is 3.07. The maximum atomic E-state index is 12.2. The van der Waals surface area contributed by atoms with E-state index in [1.165, 1.54) is 30.0 Å². The number of nitro groups is 1. The highest BCUT2D eigenvalue weighted by Crippen LogP contribution is 2.31. The van der Waals surface area contributed by atoms with E-state index in [9.17, 15) is 25.0 Å². The molecular formula is C20H25N3O5S. The van der Waals surface area contributed by atoms with Gasteiger partial charge in [-0.05, 0) is 55.9 Å². The maximum absolute atomic E-state index is 12.2. The molecule has 0 spiro atoms. The molecule has 1 aliphatic carbocycles. The minimum absolute atomic E-state index is 0.00794. The van der Waals surface area contributed by atoms with Gasteiger partial charge in [-0.2, -0.15) is 5.26 Å². The van der Waals surface area contributed by atoms with Gasteiger partial charge in [0.25, 0.3) is 11.6 Å². The molecule has 0 saturated heterocycles. The second kappa shape index (κ2) is 10.3. The van der Waals surface area contributed by atoms with Crippen molar-refractivity contribution in [3.63, 3.8) is 0 Å². The van der Waals surface area contributed by atoms with E-state index in [4.69, 9.17) is 4.74 Å². The van der Waals surface area contributed by atoms with E-state index in [-0.39, 0.29) is 11.3 Å². The Morgan fingerprint density at radius 3 is 2.66 bits per heavy atom. The van der Waals surface area contributed by atoms with Gasteiger partial charge in [0.05, 0.1) is 21.5 Å². The van der Waals surface area contributed by atoms with E-state index in [0.29, 0.717) is 23.7 Å². The van der Waals surface area contributed by atoms with Gasteiger partial charge in [0, 0.05) is 6.07 Å². The molecule has 1 N–H and O–H groups in total. The molecular weight excluding hydrogens is 394 g/mol. The number of carbonyl (C=O) groups is 2. The predicted octanol–water partition coefficient (Wildman–Crippen LogP) is 3.84. The third-order valence-electron chi connectivity index (χ3n) is 4.73. The van der Waals surface area contributed by atoms with Crippen LogP contribution in [0.4, 0.5) is 5.69 Å². The van der Waals surface area contributed by atoms with Crippen LogP contribution in [0.15, 0.2) is 23.1 Å². The van der Waals surface area contributed by atoms with Crippen molar-refractivity contribution in [3.8, 4) is 6.07 Å². The average Bonchev–Trinajstić information content (AvgIpc) is 3.14. The summed E-state index contributed by atoms with van der Waals surface area (Å²) >= 11 is 1.37. The van der Waals surface area contributed by atoms with Crippen LogP contribution in [0.2, 0.25) is 0 Å². The van der Waals surface area contributed by atoms with Gasteiger partial charge in [-0.3, -0.25) is 14.9 Å². The molecule has 0 bridgehead atoms. The first-order chi connectivity index (χ1) is 13.8. The minimum atomic E-state index is -0.892. The summed E-state index contributed by atoms with van der Waals surface area (Å²) in [5.41, 5.74) is -1.04. The molecule has 0 heterocycles. The fourth-order valence-corrected chi connectivity index (χ4v) is 4.33. The van der Waals surface area contributed by atoms with Crippen molar-refractivity contribution in [1.29, 1.82) is 5.26 Å². The van der Waals surface area contributed by atoms with Crippen LogP contribution in [-0.2, 0) is 9.53 Å². The average molecular weight is 420 g/mol. The largest absolute Gasteiger partial charge is 0.452 e. The molecule has 0 atom stereocenters. The highest BCUT2D eigenvalue weighted by atomic mass is 32.2. The molecule has 1 aromatic carbocycles. The zero-order valence-corrected chi connectivity index (χ0v) is 17.4. The molecule has 0 unspecified atom stereocenters. The number of ether oxygens (including phenoxy) is 1. The van der Waals surface area contributed by atoms with Crippen LogP contribution in [0, 0.1) is 27.4 Å². The second-order valence-corrected chi connectivity index (χ2v) is 8.63. The van der Waals surface area contributed by atoms with E-state index < -0.39 is 28.9 Å². The van der Waals surface area contributed by atoms with Crippen LogP contribution in [0.5, 0.6) is 0 Å². The quantitative estimate of drug-likeness (QED) is 0.279. The number of nitro benzene ring substituents is 1. The summed E-state index contributed by atoms with van der Waals surface area (Å²) in [6, 6.07) is 6.29. The van der Waals surface area contributed by atoms with Gasteiger partial charge >= 0.3 is 5.97 Å². The molecule has 2 rings (SSSR count). The van der Waals surface area contributed by atoms with Crippen molar-refractivity contribution in [3.05, 3.63) is 33.9 Å². The Balaban J connectivity index is 1.97. The van der Waals surface area contributed by atoms with Crippen molar-refractivity contribution in [2.45, 2.75) is 56.4 Å². The van der Waals surface area contributed by atoms with Crippen molar-refractivity contribution in [2.75, 3.05) is 12.4 Å². The molecule has 1 fully saturated rings. The predicted molar refractivity (Wildman–Crippen MR) is 109 cm³/mol. The number of hydrogen-bond acceptors (Lipinski definition) is 7. The molecule has 1 saturated carbocycles. The third kappa shape index (κ3) is 6.46. The Hall–Kier alpha value is -2.60. The number of nitrogens with one attached hydrogen (secondary N) is 1. The Kier molecular flexibility index (Phi) is 8.02. The van der Waals surface area contributed by atoms with Crippen LogP contribution >= 0.6 is 11.8 Å². The zero-order valence-electron chi connectivity index (χ0n) is 16.6. The molecule has 9 heteroatoms. The number of nitrogens with zero attached hydrogens (tertiary/aromatic N) is 2. The Labute approximate surface area is 174 Å². The SMILES string of the molecule is CC(C)CCSc1ccc(C(=O)OCC(=O)NC2(C#N)CCCC2)cc1[N+](=O)[O-]. The van der Waals surface area contributed by atoms with Gasteiger partial charge in [-0.15, -0.1) is 11.8 Å². The number of amides is 1. The standard InChI is InChI=1S/C20H25N3O5S/c1-14(2)7-10-29-17-6-5-15(11-16(17)23(26)27)19(25)28-12-18(24)22-20(13-21)8-3-4-9-20/h5-6,11,14H,3-4,7-10,12H2,1-2H3,(H,22,24). The van der Waals surface area contributed by atoms with Crippen molar-refractivity contribution >= 4 is 29.3 Å². The van der Waals surface area contributed by atoms with E-state index in [1.54, 1.807) is 0 Å². The fraction of sp³-hybridized carbons (Fsp3) is 0.550. The van der Waals surface area contributed by atoms with E-state index in [2.05, 4.69) is 25.2 Å². The van der Waals surface area contributed by atoms with E-state index in [0.717, 1.165) is 25.0 Å². The highest BCUT2D eigenvalue weighted by Gasteiger charge is 2.35. The zero-order chi connectivity index (χ0) is 21.4. The number of carbonyl (C=O) groups excluding carboxylic acids is 2. The van der Waals surface area contributed by atoms with Crippen molar-refractivity contribution in [2.24, 2.45) is 5.92 Å². The lowest BCUT2D eigenvalue weighted by atomic mass is 10.00. The first-order valence-electron chi connectivity index (χ1n) is 9.57. The van der Waals surface area contributed by atoms with Crippen molar-refractivity contribution in [1.82, 2.24) is 5.32 Å². The summed E-state index contributed by atoms with van der Waals surface area (Å²) in [6.07, 6.45) is 3.79. The summed E-state index contributed by atoms with van der Waals surface area (Å²) in [4.78, 5) is 35.6. The number of esters is 1. The third-order valence-corrected chi connectivity index (χ3v) is 5.82. The molecule has 1 aliphatic rings. The number of nitriles is 1. The molecule has 0 aliphatic heterocycles. The normalized spacial score (nSPS) is 15.0. The number of thioether (sulfide) groups is 1. The Morgan fingerprint density at radius 2 is 2.07 bits per heavy atom. The first kappa shape index (κ1) is 22.7. The van der Waals surface area contributed by atoms with Crippen LogP contribution in [-0.4, -0.2) is 34.7 Å². The van der Waals surface area contributed by atoms with E-state index >= 15 is 0 Å². The summed E-state index contributed by atoms with van der Waals surface area (Å²) in [5, 5.41) is 23.3. The lowest BCUT2D eigenvalue weighted by Gasteiger charge is -2.21. The monoisotopic (exact) mass is 419 g/mol. The molecule has 156 valence electrons. The van der Waals surface area contributed by atoms with E-state index in [1.807, 2.05) is 0 Å². The first-order valence-corrected chi connectivity index (χ1v) is 10.6. The Morgan fingerprint density at radius 1 is 1.38 bits per heavy atom. The molecule has 8 nitrogen and oxygen atoms in total. The molecule has 0 radical (unpaired) electrons. The molecule has 1 aromatic rings. The minimum Gasteiger partial charge on any atom is -0.452 e. The summed E-state index contributed by atoms with van der Waals surface area (Å²) in [6.45, 7) is 3.62. The van der Waals surface area contributed by atoms with Gasteiger partial charge in [0.15, 0.2) is 6.61 Å². The topological polar surface area (TPSA) is 122 Å². The maximum Gasteiger partial charge on any atom is 0.338 e. The summed E-state index contributed by atoms with van der Waals surface area (Å²) in [7, 11) is 0. The van der Waals surface area contributed by atoms with Crippen LogP contribution in [0.1, 0.15) is 56.3 Å².